The predicted molar refractivity (Wildman–Crippen MR) is 250 cm³/mol. The van der Waals surface area contributed by atoms with Crippen LogP contribution >= 0.6 is 0 Å². The summed E-state index contributed by atoms with van der Waals surface area (Å²) in [6.45, 7) is 7.36. The summed E-state index contributed by atoms with van der Waals surface area (Å²) in [4.78, 5) is 36.5. The highest BCUT2D eigenvalue weighted by Crippen LogP contribution is 2.62. The Bertz CT molecular complexity index is 2190. The van der Waals surface area contributed by atoms with Crippen molar-refractivity contribution < 1.29 is 48.3 Å². The van der Waals surface area contributed by atoms with E-state index in [1.165, 1.54) is 12.8 Å². The summed E-state index contributed by atoms with van der Waals surface area (Å²) in [5, 5.41) is 27.7. The number of nitrogens with zero attached hydrogens (tertiary/aromatic N) is 2. The van der Waals surface area contributed by atoms with Crippen LogP contribution in [-0.4, -0.2) is 77.9 Å². The van der Waals surface area contributed by atoms with Gasteiger partial charge in [0.2, 0.25) is 18.5 Å². The number of ether oxygens (including phenoxy) is 5. The molecule has 2 fully saturated rings. The van der Waals surface area contributed by atoms with Gasteiger partial charge in [-0.25, -0.2) is 4.79 Å². The number of hydrogen-bond donors (Lipinski definition) is 3. The molecule has 66 heavy (non-hydrogen) atoms. The maximum atomic E-state index is 15.2. The number of carbonyl (C=O) groups is 2. The van der Waals surface area contributed by atoms with Crippen LogP contribution in [0.15, 0.2) is 96.2 Å². The Morgan fingerprint density at radius 3 is 2.47 bits per heavy atom. The van der Waals surface area contributed by atoms with Crippen LogP contribution < -0.4 is 24.3 Å². The van der Waals surface area contributed by atoms with Crippen LogP contribution in [0, 0.1) is 23.7 Å². The number of hydrogen-bond acceptors (Lipinski definition) is 11. The molecular weight excluding hydrogens is 839 g/mol. The van der Waals surface area contributed by atoms with Gasteiger partial charge in [0.25, 0.3) is 0 Å². The maximum absolute atomic E-state index is 15.2. The first-order valence-corrected chi connectivity index (χ1v) is 24.2. The van der Waals surface area contributed by atoms with Crippen molar-refractivity contribution in [2.24, 2.45) is 28.8 Å². The lowest BCUT2D eigenvalue weighted by Gasteiger charge is -2.60. The van der Waals surface area contributed by atoms with E-state index >= 15 is 4.79 Å². The van der Waals surface area contributed by atoms with Crippen molar-refractivity contribution in [3.63, 3.8) is 0 Å². The van der Waals surface area contributed by atoms with Crippen LogP contribution in [0.1, 0.15) is 113 Å². The maximum Gasteiger partial charge on any atom is 0.412 e. The summed E-state index contributed by atoms with van der Waals surface area (Å²) in [6, 6.07) is 20.3. The van der Waals surface area contributed by atoms with E-state index in [-0.39, 0.29) is 56.8 Å². The number of rotatable bonds is 22. The molecule has 0 spiro atoms. The first-order valence-electron chi connectivity index (χ1n) is 24.2. The number of aliphatic hydroxyl groups excluding tert-OH is 2. The molecule has 3 aromatic rings. The second-order valence-electron chi connectivity index (χ2n) is 18.3. The minimum atomic E-state index is -1.43. The van der Waals surface area contributed by atoms with Gasteiger partial charge in [0, 0.05) is 50.6 Å². The summed E-state index contributed by atoms with van der Waals surface area (Å²) in [5.41, 5.74) is 4.37. The SMILES string of the molecule is C=CCOC12Oc3ccc(OC(=O)NCc4ccccc4)cc3C3C(CCCCO)C(CCCCO)C=C(C(=NOCC)CC1N(Cc1ccc4c(c1)OCO4)C(=O)CCC1CCCC1)C32. The van der Waals surface area contributed by atoms with Gasteiger partial charge in [-0.2, -0.15) is 0 Å². The molecule has 2 heterocycles. The van der Waals surface area contributed by atoms with E-state index in [1.54, 1.807) is 12.1 Å². The van der Waals surface area contributed by atoms with Gasteiger partial charge in [-0.3, -0.25) is 4.79 Å². The summed E-state index contributed by atoms with van der Waals surface area (Å²) < 4.78 is 32.1. The van der Waals surface area contributed by atoms with E-state index in [0.717, 1.165) is 72.9 Å². The number of aliphatic hydroxyl groups is 2. The van der Waals surface area contributed by atoms with Crippen LogP contribution in [0.4, 0.5) is 4.79 Å². The van der Waals surface area contributed by atoms with Gasteiger partial charge in [0.15, 0.2) is 11.5 Å². The predicted octanol–water partition coefficient (Wildman–Crippen LogP) is 9.36. The molecule has 8 rings (SSSR count). The number of oxime groups is 1. The number of amides is 2. The third-order valence-corrected chi connectivity index (χ3v) is 14.2. The van der Waals surface area contributed by atoms with Crippen molar-refractivity contribution >= 4 is 17.7 Å². The lowest BCUT2D eigenvalue weighted by atomic mass is 9.55. The van der Waals surface area contributed by atoms with Crippen molar-refractivity contribution in [3.05, 3.63) is 108 Å². The van der Waals surface area contributed by atoms with Gasteiger partial charge >= 0.3 is 6.09 Å². The number of allylic oxidation sites excluding steroid dienone is 1. The highest BCUT2D eigenvalue weighted by Gasteiger charge is 2.65. The van der Waals surface area contributed by atoms with Crippen LogP contribution in [0.2, 0.25) is 0 Å². The Kier molecular flexibility index (Phi) is 16.0. The molecule has 6 atom stereocenters. The first kappa shape index (κ1) is 47.1. The number of nitrogens with one attached hydrogen (secondary N) is 1. The van der Waals surface area contributed by atoms with Gasteiger partial charge in [-0.1, -0.05) is 92.2 Å². The molecule has 0 saturated heterocycles. The molecule has 3 N–H and O–H groups in total. The fraction of sp³-hybridized carbons (Fsp3) is 0.528. The van der Waals surface area contributed by atoms with E-state index in [9.17, 15) is 15.0 Å². The van der Waals surface area contributed by atoms with Crippen molar-refractivity contribution in [3.8, 4) is 23.0 Å². The smallest absolute Gasteiger partial charge is 0.412 e. The molecule has 354 valence electrons. The van der Waals surface area contributed by atoms with Gasteiger partial charge in [0.05, 0.1) is 18.2 Å². The van der Waals surface area contributed by atoms with E-state index in [1.807, 2.05) is 72.5 Å². The summed E-state index contributed by atoms with van der Waals surface area (Å²) in [6.07, 6.45) is 14.1. The monoisotopic (exact) mass is 905 g/mol. The number of unbranched alkanes of at least 4 members (excludes halogenated alkanes) is 2. The van der Waals surface area contributed by atoms with Crippen LogP contribution in [0.5, 0.6) is 23.0 Å². The second kappa shape index (κ2) is 22.4. The molecule has 0 radical (unpaired) electrons. The fourth-order valence-corrected chi connectivity index (χ4v) is 11.1. The van der Waals surface area contributed by atoms with Gasteiger partial charge in [-0.05, 0) is 104 Å². The Hall–Kier alpha value is -5.37. The van der Waals surface area contributed by atoms with E-state index in [2.05, 4.69) is 18.0 Å². The Morgan fingerprint density at radius 1 is 0.924 bits per heavy atom. The molecule has 5 aliphatic rings. The summed E-state index contributed by atoms with van der Waals surface area (Å²) in [7, 11) is 0. The van der Waals surface area contributed by atoms with E-state index in [0.29, 0.717) is 67.8 Å². The molecular formula is C53H67N3O10. The zero-order valence-electron chi connectivity index (χ0n) is 38.4. The van der Waals surface area contributed by atoms with Gasteiger partial charge in [-0.15, -0.1) is 6.58 Å². The molecule has 0 aromatic heterocycles. The summed E-state index contributed by atoms with van der Waals surface area (Å²) in [5.74, 6) is 0.607. The minimum Gasteiger partial charge on any atom is -0.459 e. The second-order valence-corrected chi connectivity index (χ2v) is 18.3. The number of carbonyl (C=O) groups excluding carboxylic acids is 2. The van der Waals surface area contributed by atoms with Crippen LogP contribution in [-0.2, 0) is 27.5 Å². The van der Waals surface area contributed by atoms with E-state index < -0.39 is 23.8 Å². The number of fused-ring (bicyclic) bond motifs is 3. The zero-order chi connectivity index (χ0) is 45.9. The van der Waals surface area contributed by atoms with Crippen molar-refractivity contribution in [1.29, 1.82) is 0 Å². The first-order chi connectivity index (χ1) is 32.3. The van der Waals surface area contributed by atoms with Gasteiger partial charge in [0.1, 0.15) is 24.1 Å². The molecule has 2 aliphatic heterocycles. The molecule has 13 nitrogen and oxygen atoms in total. The van der Waals surface area contributed by atoms with Crippen molar-refractivity contribution in [1.82, 2.24) is 10.2 Å². The molecule has 2 saturated carbocycles. The van der Waals surface area contributed by atoms with Gasteiger partial charge < -0.3 is 49.0 Å². The van der Waals surface area contributed by atoms with Crippen molar-refractivity contribution in [2.45, 2.75) is 121 Å². The largest absolute Gasteiger partial charge is 0.459 e. The standard InChI is InChI=1S/C53H67N3O10/c1-3-28-63-53-48(56(49(59)25-21-36-14-8-9-15-36)34-38-20-23-46-47(29-38)62-35-61-46)32-44(55-64-4-2)42-30-39(18-10-12-26-57)41(19-11-13-27-58)50(51(42)53)43-31-40(22-24-45(43)66-53)65-52(60)54-33-37-16-6-5-7-17-37/h3,5-7,16-17,20,22-24,29-31,36,39,41,48,50-51,57-58H,1,4,8-15,18-19,21,25-28,32-35H2,2H3,(H,54,60). The highest BCUT2D eigenvalue weighted by molar-refractivity contribution is 6.03. The topological polar surface area (TPSA) is 158 Å². The quantitative estimate of drug-likeness (QED) is 0.0504. The lowest BCUT2D eigenvalue weighted by molar-refractivity contribution is -0.258. The molecule has 3 aliphatic carbocycles. The zero-order valence-corrected chi connectivity index (χ0v) is 38.4. The average Bonchev–Trinajstić information content (AvgIpc) is 4.05. The Balaban J connectivity index is 1.27. The summed E-state index contributed by atoms with van der Waals surface area (Å²) >= 11 is 0. The fourth-order valence-electron chi connectivity index (χ4n) is 11.1. The Morgan fingerprint density at radius 2 is 1.70 bits per heavy atom. The normalized spacial score (nSPS) is 24.4. The molecule has 0 bridgehead atoms. The Labute approximate surface area is 389 Å². The average molecular weight is 906 g/mol. The lowest BCUT2D eigenvalue weighted by Crippen LogP contribution is -2.70. The van der Waals surface area contributed by atoms with Crippen molar-refractivity contribution in [2.75, 3.05) is 33.2 Å². The minimum absolute atomic E-state index is 0.00253. The van der Waals surface area contributed by atoms with Crippen LogP contribution in [0.25, 0.3) is 0 Å². The molecule has 13 heteroatoms. The molecule has 6 unspecified atom stereocenters. The molecule has 2 amide bonds. The highest BCUT2D eigenvalue weighted by atomic mass is 16.7. The third-order valence-electron chi connectivity index (χ3n) is 14.2. The van der Waals surface area contributed by atoms with E-state index in [4.69, 9.17) is 33.7 Å². The third kappa shape index (κ3) is 10.6. The number of benzene rings is 3. The molecule has 3 aromatic carbocycles. The van der Waals surface area contributed by atoms with Crippen LogP contribution in [0.3, 0.4) is 0 Å².